The molecule has 0 spiro atoms. The number of hydrogen-bond donors (Lipinski definition) is 2. The van der Waals surface area contributed by atoms with Gasteiger partial charge in [0.25, 0.3) is 0 Å². The molecule has 2 aliphatic rings. The topological polar surface area (TPSA) is 58.2 Å². The van der Waals surface area contributed by atoms with Crippen LogP contribution >= 0.6 is 0 Å². The average molecular weight is 249 g/mol. The Balaban J connectivity index is 0.000000284. The monoisotopic (exact) mass is 249 g/mol. The molecule has 2 saturated heterocycles. The largest absolute Gasteiger partial charge is 0.356 e. The Labute approximate surface area is 126 Å². The van der Waals surface area contributed by atoms with Crippen molar-refractivity contribution in [3.8, 4) is 0 Å². The molecule has 17 heavy (non-hydrogen) atoms. The summed E-state index contributed by atoms with van der Waals surface area (Å²) < 4.78 is 0. The smallest absolute Gasteiger partial charge is 0.219 e. The zero-order valence-corrected chi connectivity index (χ0v) is 12.9. The van der Waals surface area contributed by atoms with Gasteiger partial charge in [0.2, 0.25) is 11.8 Å². The SMILES string of the molecule is O=C1CCCCCN1.O=C1CCCCCN1.[Na]. The standard InChI is InChI=1S/2C6H11NO.Na/c2*8-6-4-2-1-3-5-7-6;/h2*1-5H2,(H,7,8);. The van der Waals surface area contributed by atoms with Crippen molar-refractivity contribution in [2.45, 2.75) is 51.4 Å². The molecule has 2 fully saturated rings. The van der Waals surface area contributed by atoms with E-state index >= 15 is 0 Å². The van der Waals surface area contributed by atoms with Crippen LogP contribution in [0.4, 0.5) is 0 Å². The molecule has 2 aliphatic heterocycles. The molecule has 0 aliphatic carbocycles. The zero-order valence-electron chi connectivity index (χ0n) is 10.9. The van der Waals surface area contributed by atoms with Crippen molar-refractivity contribution in [1.29, 1.82) is 0 Å². The van der Waals surface area contributed by atoms with Crippen LogP contribution in [0.15, 0.2) is 0 Å². The van der Waals surface area contributed by atoms with Gasteiger partial charge in [0.1, 0.15) is 0 Å². The zero-order chi connectivity index (χ0) is 11.6. The summed E-state index contributed by atoms with van der Waals surface area (Å²) in [5, 5.41) is 5.61. The number of rotatable bonds is 0. The minimum atomic E-state index is 0. The van der Waals surface area contributed by atoms with E-state index in [9.17, 15) is 9.59 Å². The maximum Gasteiger partial charge on any atom is 0.219 e. The molecular weight excluding hydrogens is 227 g/mol. The molecule has 0 aromatic rings. The van der Waals surface area contributed by atoms with Gasteiger partial charge >= 0.3 is 0 Å². The summed E-state index contributed by atoms with van der Waals surface area (Å²) in [7, 11) is 0. The van der Waals surface area contributed by atoms with Gasteiger partial charge in [-0.1, -0.05) is 12.8 Å². The fourth-order valence-corrected chi connectivity index (χ4v) is 1.81. The number of carbonyl (C=O) groups excluding carboxylic acids is 2. The maximum atomic E-state index is 10.6. The maximum absolute atomic E-state index is 10.6. The molecule has 2 N–H and O–H groups in total. The van der Waals surface area contributed by atoms with Gasteiger partial charge in [-0.25, -0.2) is 0 Å². The Morgan fingerprint density at radius 1 is 0.647 bits per heavy atom. The minimum Gasteiger partial charge on any atom is -0.356 e. The molecule has 0 aromatic carbocycles. The Kier molecular flexibility index (Phi) is 11.0. The van der Waals surface area contributed by atoms with Crippen molar-refractivity contribution < 1.29 is 9.59 Å². The summed E-state index contributed by atoms with van der Waals surface area (Å²) in [6.07, 6.45) is 8.35. The first-order valence-electron chi connectivity index (χ1n) is 6.32. The van der Waals surface area contributed by atoms with Gasteiger partial charge in [-0.2, -0.15) is 0 Å². The normalized spacial score (nSPS) is 20.5. The van der Waals surface area contributed by atoms with Crippen molar-refractivity contribution in [2.75, 3.05) is 13.1 Å². The molecule has 2 heterocycles. The molecule has 1 radical (unpaired) electrons. The Hall–Kier alpha value is -0.0600. The summed E-state index contributed by atoms with van der Waals surface area (Å²) in [5.74, 6) is 0.449. The van der Waals surface area contributed by atoms with Gasteiger partial charge in [0.05, 0.1) is 0 Å². The molecule has 0 bridgehead atoms. The van der Waals surface area contributed by atoms with Crippen molar-refractivity contribution in [1.82, 2.24) is 10.6 Å². The molecule has 93 valence electrons. The van der Waals surface area contributed by atoms with Gasteiger partial charge < -0.3 is 10.6 Å². The van der Waals surface area contributed by atoms with Crippen LogP contribution in [0.3, 0.4) is 0 Å². The van der Waals surface area contributed by atoms with Crippen LogP contribution in [0.5, 0.6) is 0 Å². The summed E-state index contributed by atoms with van der Waals surface area (Å²) in [6.45, 7) is 1.78. The molecule has 0 unspecified atom stereocenters. The number of nitrogens with one attached hydrogen (secondary N) is 2. The second-order valence-corrected chi connectivity index (χ2v) is 4.32. The first-order chi connectivity index (χ1) is 7.79. The van der Waals surface area contributed by atoms with E-state index in [0.29, 0.717) is 0 Å². The third kappa shape index (κ3) is 9.62. The Morgan fingerprint density at radius 2 is 1.06 bits per heavy atom. The Bertz CT molecular complexity index is 191. The minimum absolute atomic E-state index is 0. The molecule has 0 atom stereocenters. The average Bonchev–Trinajstić information content (AvgIpc) is 2.64. The van der Waals surface area contributed by atoms with Crippen LogP contribution < -0.4 is 10.6 Å². The predicted octanol–water partition coefficient (Wildman–Crippen LogP) is 0.972. The van der Waals surface area contributed by atoms with Gasteiger partial charge in [0.15, 0.2) is 0 Å². The number of carbonyl (C=O) groups is 2. The van der Waals surface area contributed by atoms with E-state index in [0.717, 1.165) is 51.6 Å². The van der Waals surface area contributed by atoms with E-state index in [4.69, 9.17) is 0 Å². The summed E-state index contributed by atoms with van der Waals surface area (Å²) >= 11 is 0. The first-order valence-corrected chi connectivity index (χ1v) is 6.32. The molecule has 4 nitrogen and oxygen atoms in total. The van der Waals surface area contributed by atoms with Crippen LogP contribution in [0, 0.1) is 0 Å². The van der Waals surface area contributed by atoms with E-state index in [1.807, 2.05) is 0 Å². The van der Waals surface area contributed by atoms with Crippen molar-refractivity contribution >= 4 is 41.4 Å². The third-order valence-electron chi connectivity index (χ3n) is 2.81. The summed E-state index contributed by atoms with van der Waals surface area (Å²) in [4.78, 5) is 21.1. The molecule has 0 aromatic heterocycles. The molecule has 2 amide bonds. The Morgan fingerprint density at radius 3 is 1.47 bits per heavy atom. The predicted molar refractivity (Wildman–Crippen MR) is 68.7 cm³/mol. The van der Waals surface area contributed by atoms with Gasteiger partial charge in [-0.15, -0.1) is 0 Å². The fourth-order valence-electron chi connectivity index (χ4n) is 1.81. The second-order valence-electron chi connectivity index (χ2n) is 4.32. The van der Waals surface area contributed by atoms with Gasteiger partial charge in [-0.3, -0.25) is 9.59 Å². The van der Waals surface area contributed by atoms with E-state index in [1.165, 1.54) is 12.8 Å². The first kappa shape index (κ1) is 16.9. The van der Waals surface area contributed by atoms with E-state index in [-0.39, 0.29) is 41.4 Å². The summed E-state index contributed by atoms with van der Waals surface area (Å²) in [6, 6.07) is 0. The van der Waals surface area contributed by atoms with Crippen LogP contribution in [0.2, 0.25) is 0 Å². The van der Waals surface area contributed by atoms with Crippen molar-refractivity contribution in [3.05, 3.63) is 0 Å². The van der Waals surface area contributed by atoms with Gasteiger partial charge in [-0.05, 0) is 25.7 Å². The van der Waals surface area contributed by atoms with Crippen molar-refractivity contribution in [3.63, 3.8) is 0 Å². The fraction of sp³-hybridized carbons (Fsp3) is 0.833. The van der Waals surface area contributed by atoms with E-state index in [1.54, 1.807) is 0 Å². The van der Waals surface area contributed by atoms with Crippen LogP contribution in [-0.2, 0) is 9.59 Å². The van der Waals surface area contributed by atoms with Crippen LogP contribution in [0.1, 0.15) is 51.4 Å². The third-order valence-corrected chi connectivity index (χ3v) is 2.81. The number of hydrogen-bond acceptors (Lipinski definition) is 2. The van der Waals surface area contributed by atoms with E-state index < -0.39 is 0 Å². The van der Waals surface area contributed by atoms with E-state index in [2.05, 4.69) is 10.6 Å². The molecule has 0 saturated carbocycles. The number of amides is 2. The van der Waals surface area contributed by atoms with Gasteiger partial charge in [0, 0.05) is 55.5 Å². The quantitative estimate of drug-likeness (QED) is 0.629. The molecule has 5 heteroatoms. The van der Waals surface area contributed by atoms with Crippen LogP contribution in [-0.4, -0.2) is 54.5 Å². The molecule has 2 rings (SSSR count). The summed E-state index contributed by atoms with van der Waals surface area (Å²) in [5.41, 5.74) is 0. The van der Waals surface area contributed by atoms with Crippen molar-refractivity contribution in [2.24, 2.45) is 0 Å². The van der Waals surface area contributed by atoms with Crippen LogP contribution in [0.25, 0.3) is 0 Å². The second kappa shape index (κ2) is 11.1. The molecular formula is C12H22N2NaO2.